The summed E-state index contributed by atoms with van der Waals surface area (Å²) in [7, 11) is 1.45. The molecule has 0 bridgehead atoms. The summed E-state index contributed by atoms with van der Waals surface area (Å²) in [5.41, 5.74) is -0.470. The first-order valence-electron chi connectivity index (χ1n) is 5.02. The van der Waals surface area contributed by atoms with E-state index in [-0.39, 0.29) is 5.39 Å². The summed E-state index contributed by atoms with van der Waals surface area (Å²) < 4.78 is 1.18. The van der Waals surface area contributed by atoms with Gasteiger partial charge in [0.05, 0.1) is 5.52 Å². The molecule has 6 heteroatoms. The van der Waals surface area contributed by atoms with Gasteiger partial charge < -0.3 is 14.8 Å². The van der Waals surface area contributed by atoms with Gasteiger partial charge in [0.15, 0.2) is 5.56 Å². The fourth-order valence-electron chi connectivity index (χ4n) is 1.89. The summed E-state index contributed by atoms with van der Waals surface area (Å²) in [5, 5.41) is 20.6. The Morgan fingerprint density at radius 1 is 1.44 bits per heavy atom. The standard InChI is InChI=1S/C12H9NO4S/c1-13-7-4-2-3-6(5-18)8(7)10(14)9(11(13)15)12(16)17/h2-5,14H,1H3,(H,16,17). The molecule has 0 unspecified atom stereocenters. The predicted molar refractivity (Wildman–Crippen MR) is 70.6 cm³/mol. The van der Waals surface area contributed by atoms with Crippen molar-refractivity contribution in [1.82, 2.24) is 4.57 Å². The summed E-state index contributed by atoms with van der Waals surface area (Å²) >= 11 is 4.82. The van der Waals surface area contributed by atoms with Crippen molar-refractivity contribution in [3.8, 4) is 5.75 Å². The van der Waals surface area contributed by atoms with Gasteiger partial charge in [-0.1, -0.05) is 24.4 Å². The van der Waals surface area contributed by atoms with Crippen LogP contribution in [-0.2, 0) is 7.05 Å². The summed E-state index contributed by atoms with van der Waals surface area (Å²) in [6.45, 7) is 0. The van der Waals surface area contributed by atoms with Crippen LogP contribution in [0.4, 0.5) is 0 Å². The van der Waals surface area contributed by atoms with E-state index in [1.165, 1.54) is 17.0 Å². The highest BCUT2D eigenvalue weighted by atomic mass is 32.1. The predicted octanol–water partition coefficient (Wildman–Crippen LogP) is 1.29. The molecular formula is C12H9NO4S. The van der Waals surface area contributed by atoms with Crippen molar-refractivity contribution in [3.63, 3.8) is 0 Å². The molecule has 0 radical (unpaired) electrons. The van der Waals surface area contributed by atoms with E-state index in [2.05, 4.69) is 0 Å². The molecule has 0 saturated heterocycles. The van der Waals surface area contributed by atoms with Crippen LogP contribution >= 0.6 is 12.2 Å². The van der Waals surface area contributed by atoms with Gasteiger partial charge in [-0.25, -0.2) is 4.79 Å². The molecule has 0 spiro atoms. The van der Waals surface area contributed by atoms with Crippen LogP contribution in [0.3, 0.4) is 0 Å². The zero-order chi connectivity index (χ0) is 13.4. The number of pyridine rings is 1. The van der Waals surface area contributed by atoms with E-state index in [1.807, 2.05) is 0 Å². The van der Waals surface area contributed by atoms with Gasteiger partial charge in [-0.2, -0.15) is 0 Å². The van der Waals surface area contributed by atoms with Crippen molar-refractivity contribution in [2.24, 2.45) is 7.05 Å². The number of aryl methyl sites for hydroxylation is 1. The van der Waals surface area contributed by atoms with Gasteiger partial charge in [-0.05, 0) is 11.6 Å². The number of thiocarbonyl (C=S) groups is 1. The van der Waals surface area contributed by atoms with Gasteiger partial charge in [0, 0.05) is 17.8 Å². The average molecular weight is 263 g/mol. The lowest BCUT2D eigenvalue weighted by atomic mass is 10.1. The lowest BCUT2D eigenvalue weighted by molar-refractivity contribution is 0.0691. The van der Waals surface area contributed by atoms with Crippen LogP contribution in [0.25, 0.3) is 10.9 Å². The molecule has 2 rings (SSSR count). The molecule has 1 aromatic heterocycles. The largest absolute Gasteiger partial charge is 0.506 e. The normalized spacial score (nSPS) is 10.5. The Morgan fingerprint density at radius 2 is 2.11 bits per heavy atom. The number of carboxylic acid groups (broad SMARTS) is 1. The third-order valence-electron chi connectivity index (χ3n) is 2.77. The number of rotatable bonds is 2. The number of carboxylic acids is 1. The number of hydrogen-bond acceptors (Lipinski definition) is 4. The first-order valence-corrected chi connectivity index (χ1v) is 5.49. The van der Waals surface area contributed by atoms with E-state index in [4.69, 9.17) is 17.3 Å². The Balaban J connectivity index is 3.14. The van der Waals surface area contributed by atoms with Gasteiger partial charge in [0.25, 0.3) is 5.56 Å². The Morgan fingerprint density at radius 3 is 2.67 bits per heavy atom. The minimum atomic E-state index is -1.46. The fourth-order valence-corrected chi connectivity index (χ4v) is 2.09. The summed E-state index contributed by atoms with van der Waals surface area (Å²) in [6, 6.07) is 4.94. The summed E-state index contributed by atoms with van der Waals surface area (Å²) in [6.07, 6.45) is 0. The lowest BCUT2D eigenvalue weighted by Gasteiger charge is -2.11. The van der Waals surface area contributed by atoms with Crippen LogP contribution in [-0.4, -0.2) is 26.1 Å². The smallest absolute Gasteiger partial charge is 0.345 e. The Kier molecular flexibility index (Phi) is 2.88. The van der Waals surface area contributed by atoms with Crippen LogP contribution < -0.4 is 5.56 Å². The molecule has 18 heavy (non-hydrogen) atoms. The van der Waals surface area contributed by atoms with Crippen molar-refractivity contribution >= 4 is 34.5 Å². The van der Waals surface area contributed by atoms with Crippen molar-refractivity contribution in [2.75, 3.05) is 0 Å². The number of fused-ring (bicyclic) bond motifs is 1. The van der Waals surface area contributed by atoms with Gasteiger partial charge in [0.2, 0.25) is 0 Å². The number of nitrogens with zero attached hydrogens (tertiary/aromatic N) is 1. The van der Waals surface area contributed by atoms with E-state index < -0.39 is 22.8 Å². The quantitative estimate of drug-likeness (QED) is 0.798. The highest BCUT2D eigenvalue weighted by Crippen LogP contribution is 2.28. The third-order valence-corrected chi connectivity index (χ3v) is 3.02. The van der Waals surface area contributed by atoms with Crippen molar-refractivity contribution in [3.05, 3.63) is 39.7 Å². The molecule has 92 valence electrons. The molecule has 0 aliphatic carbocycles. The second-order valence-electron chi connectivity index (χ2n) is 3.75. The van der Waals surface area contributed by atoms with Crippen molar-refractivity contribution < 1.29 is 15.0 Å². The topological polar surface area (TPSA) is 79.5 Å². The second-order valence-corrected chi connectivity index (χ2v) is 3.99. The number of aromatic nitrogens is 1. The van der Waals surface area contributed by atoms with Crippen LogP contribution in [0.1, 0.15) is 15.9 Å². The van der Waals surface area contributed by atoms with Gasteiger partial charge in [0.1, 0.15) is 5.75 Å². The number of hydrogen-bond donors (Lipinski definition) is 2. The zero-order valence-corrected chi connectivity index (χ0v) is 10.2. The summed E-state index contributed by atoms with van der Waals surface area (Å²) in [5.74, 6) is -2.01. The monoisotopic (exact) mass is 263 g/mol. The Bertz CT molecular complexity index is 733. The first kappa shape index (κ1) is 12.3. The van der Waals surface area contributed by atoms with Crippen molar-refractivity contribution in [2.45, 2.75) is 0 Å². The van der Waals surface area contributed by atoms with Crippen LogP contribution in [0.5, 0.6) is 5.75 Å². The molecule has 2 aromatic rings. The molecule has 5 nitrogen and oxygen atoms in total. The molecule has 1 heterocycles. The molecule has 0 fully saturated rings. The average Bonchev–Trinajstić information content (AvgIpc) is 2.34. The first-order chi connectivity index (χ1) is 8.49. The summed E-state index contributed by atoms with van der Waals surface area (Å²) in [4.78, 5) is 22.9. The van der Waals surface area contributed by atoms with Crippen LogP contribution in [0, 0.1) is 0 Å². The van der Waals surface area contributed by atoms with E-state index in [0.29, 0.717) is 11.1 Å². The van der Waals surface area contributed by atoms with Crippen LogP contribution in [0.15, 0.2) is 23.0 Å². The van der Waals surface area contributed by atoms with E-state index >= 15 is 0 Å². The highest BCUT2D eigenvalue weighted by molar-refractivity contribution is 7.79. The maximum Gasteiger partial charge on any atom is 0.345 e. The number of aromatic hydroxyl groups is 1. The number of benzene rings is 1. The number of aromatic carboxylic acids is 1. The second kappa shape index (κ2) is 4.23. The van der Waals surface area contributed by atoms with Gasteiger partial charge >= 0.3 is 5.97 Å². The molecule has 0 aliphatic heterocycles. The highest BCUT2D eigenvalue weighted by Gasteiger charge is 2.21. The minimum Gasteiger partial charge on any atom is -0.506 e. The molecular weight excluding hydrogens is 254 g/mol. The van der Waals surface area contributed by atoms with E-state index in [9.17, 15) is 14.7 Å². The maximum atomic E-state index is 11.8. The number of carbonyl (C=O) groups is 1. The van der Waals surface area contributed by atoms with E-state index in [0.717, 1.165) is 0 Å². The lowest BCUT2D eigenvalue weighted by Crippen LogP contribution is -2.25. The van der Waals surface area contributed by atoms with Crippen molar-refractivity contribution in [1.29, 1.82) is 0 Å². The third kappa shape index (κ3) is 1.58. The molecule has 0 amide bonds. The SMILES string of the molecule is Cn1c(=O)c(C(=O)O)c(O)c2c(C=S)cccc21. The zero-order valence-electron chi connectivity index (χ0n) is 9.38. The molecule has 0 aliphatic rings. The van der Waals surface area contributed by atoms with Gasteiger partial charge in [-0.15, -0.1) is 0 Å². The minimum absolute atomic E-state index is 0.270. The molecule has 1 aromatic carbocycles. The molecule has 0 saturated carbocycles. The van der Waals surface area contributed by atoms with Crippen LogP contribution in [0.2, 0.25) is 0 Å². The fraction of sp³-hybridized carbons (Fsp3) is 0.0833. The molecule has 2 N–H and O–H groups in total. The van der Waals surface area contributed by atoms with Gasteiger partial charge in [-0.3, -0.25) is 4.79 Å². The maximum absolute atomic E-state index is 11.8. The Labute approximate surface area is 107 Å². The molecule has 0 atom stereocenters. The Hall–Kier alpha value is -2.21. The van der Waals surface area contributed by atoms with E-state index in [1.54, 1.807) is 18.2 Å².